The summed E-state index contributed by atoms with van der Waals surface area (Å²) in [6.07, 6.45) is 5.66. The number of nitrogens with zero attached hydrogens (tertiary/aromatic N) is 7. The summed E-state index contributed by atoms with van der Waals surface area (Å²) >= 11 is 0. The van der Waals surface area contributed by atoms with Crippen molar-refractivity contribution in [2.24, 2.45) is 7.05 Å². The summed E-state index contributed by atoms with van der Waals surface area (Å²) in [6.45, 7) is 1.86. The Balaban J connectivity index is 1.34. The minimum atomic E-state index is 0.0373. The second-order valence-electron chi connectivity index (χ2n) is 8.54. The van der Waals surface area contributed by atoms with Crippen molar-refractivity contribution in [2.75, 3.05) is 32.1 Å². The van der Waals surface area contributed by atoms with Crippen LogP contribution in [0.1, 0.15) is 16.1 Å². The zero-order valence-electron chi connectivity index (χ0n) is 18.4. The van der Waals surface area contributed by atoms with Crippen LogP contribution in [-0.2, 0) is 13.5 Å². The molecule has 1 saturated heterocycles. The van der Waals surface area contributed by atoms with Crippen LogP contribution in [0.25, 0.3) is 22.0 Å². The molecule has 8 nitrogen and oxygen atoms in total. The molecule has 4 heterocycles. The van der Waals surface area contributed by atoms with Gasteiger partial charge in [0.05, 0.1) is 12.6 Å². The second-order valence-corrected chi connectivity index (χ2v) is 8.54. The number of hydrogen-bond donors (Lipinski definition) is 0. The lowest BCUT2D eigenvalue weighted by Gasteiger charge is -2.43. The van der Waals surface area contributed by atoms with E-state index in [2.05, 4.69) is 50.2 Å². The van der Waals surface area contributed by atoms with Crippen LogP contribution in [0.3, 0.4) is 0 Å². The SMILES string of the molecule is CN(C)C1CN(c2cc(C(=O)Cc3cc4cc(-c5cn(C)nn5)ccc4cn3)ccn2)C1. The van der Waals surface area contributed by atoms with Gasteiger partial charge in [-0.25, -0.2) is 4.98 Å². The zero-order chi connectivity index (χ0) is 22.2. The Morgan fingerprint density at radius 1 is 1.09 bits per heavy atom. The van der Waals surface area contributed by atoms with Crippen molar-refractivity contribution in [2.45, 2.75) is 12.5 Å². The first-order valence-corrected chi connectivity index (χ1v) is 10.6. The number of carbonyl (C=O) groups excluding carboxylic acids is 1. The van der Waals surface area contributed by atoms with Crippen molar-refractivity contribution in [1.82, 2.24) is 29.9 Å². The Bertz CT molecular complexity index is 1290. The van der Waals surface area contributed by atoms with Gasteiger partial charge >= 0.3 is 0 Å². The fourth-order valence-corrected chi connectivity index (χ4v) is 3.92. The zero-order valence-corrected chi connectivity index (χ0v) is 18.4. The number of ketones is 1. The first-order chi connectivity index (χ1) is 15.5. The molecule has 3 aromatic heterocycles. The molecule has 5 rings (SSSR count). The van der Waals surface area contributed by atoms with E-state index in [1.54, 1.807) is 16.9 Å². The van der Waals surface area contributed by atoms with E-state index in [4.69, 9.17) is 0 Å². The molecule has 1 aromatic carbocycles. The standard InChI is InChI=1S/C24H25N7O/c1-29(2)21-13-31(14-21)24-10-17(6-7-25-24)23(32)11-20-9-19-8-16(4-5-18(19)12-26-20)22-15-30(3)28-27-22/h4-10,12,15,21H,11,13-14H2,1-3H3. The van der Waals surface area contributed by atoms with E-state index in [9.17, 15) is 4.79 Å². The topological polar surface area (TPSA) is 80.0 Å². The summed E-state index contributed by atoms with van der Waals surface area (Å²) in [4.78, 5) is 26.4. The third kappa shape index (κ3) is 3.97. The lowest BCUT2D eigenvalue weighted by atomic mass is 10.0. The monoisotopic (exact) mass is 427 g/mol. The van der Waals surface area contributed by atoms with Gasteiger partial charge in [0.25, 0.3) is 0 Å². The maximum absolute atomic E-state index is 13.0. The third-order valence-corrected chi connectivity index (χ3v) is 6.00. The predicted octanol–water partition coefficient (Wildman–Crippen LogP) is 2.60. The number of carbonyl (C=O) groups is 1. The lowest BCUT2D eigenvalue weighted by Crippen LogP contribution is -2.57. The van der Waals surface area contributed by atoms with Gasteiger partial charge in [-0.2, -0.15) is 0 Å². The van der Waals surface area contributed by atoms with Crippen molar-refractivity contribution in [3.05, 3.63) is 66.2 Å². The molecule has 0 radical (unpaired) electrons. The number of Topliss-reactive ketones (excluding diaryl/α,β-unsaturated/α-hetero) is 1. The number of fused-ring (bicyclic) bond motifs is 1. The first kappa shape index (κ1) is 20.3. The van der Waals surface area contributed by atoms with Gasteiger partial charge in [-0.3, -0.25) is 14.5 Å². The lowest BCUT2D eigenvalue weighted by molar-refractivity contribution is 0.0992. The highest BCUT2D eigenvalue weighted by Gasteiger charge is 2.29. The molecular weight excluding hydrogens is 402 g/mol. The second kappa shape index (κ2) is 8.12. The Kier molecular flexibility index (Phi) is 5.14. The summed E-state index contributed by atoms with van der Waals surface area (Å²) < 4.78 is 1.68. The van der Waals surface area contributed by atoms with Crippen LogP contribution < -0.4 is 4.90 Å². The highest BCUT2D eigenvalue weighted by atomic mass is 16.1. The molecule has 0 saturated carbocycles. The highest BCUT2D eigenvalue weighted by molar-refractivity contribution is 5.98. The van der Waals surface area contributed by atoms with Crippen molar-refractivity contribution < 1.29 is 4.79 Å². The van der Waals surface area contributed by atoms with Gasteiger partial charge in [-0.05, 0) is 43.7 Å². The molecular formula is C24H25N7O. The highest BCUT2D eigenvalue weighted by Crippen LogP contribution is 2.24. The number of rotatable bonds is 6. The van der Waals surface area contributed by atoms with E-state index >= 15 is 0 Å². The molecule has 32 heavy (non-hydrogen) atoms. The van der Waals surface area contributed by atoms with Crippen LogP contribution >= 0.6 is 0 Å². The van der Waals surface area contributed by atoms with Crippen molar-refractivity contribution in [3.8, 4) is 11.3 Å². The molecule has 1 fully saturated rings. The minimum Gasteiger partial charge on any atom is -0.353 e. The van der Waals surface area contributed by atoms with Crippen molar-refractivity contribution >= 4 is 22.4 Å². The van der Waals surface area contributed by atoms with Gasteiger partial charge < -0.3 is 9.80 Å². The van der Waals surface area contributed by atoms with Gasteiger partial charge in [-0.15, -0.1) is 5.10 Å². The maximum Gasteiger partial charge on any atom is 0.169 e. The molecule has 0 aliphatic carbocycles. The van der Waals surface area contributed by atoms with Crippen molar-refractivity contribution in [3.63, 3.8) is 0 Å². The summed E-state index contributed by atoms with van der Waals surface area (Å²) in [5.74, 6) is 0.893. The molecule has 0 N–H and O–H groups in total. The van der Waals surface area contributed by atoms with Crippen LogP contribution in [0, 0.1) is 0 Å². The summed E-state index contributed by atoms with van der Waals surface area (Å²) in [7, 11) is 6.02. The Morgan fingerprint density at radius 2 is 1.94 bits per heavy atom. The molecule has 0 bridgehead atoms. The largest absolute Gasteiger partial charge is 0.353 e. The van der Waals surface area contributed by atoms with Crippen LogP contribution in [0.4, 0.5) is 5.82 Å². The van der Waals surface area contributed by atoms with Gasteiger partial charge in [0.15, 0.2) is 5.78 Å². The van der Waals surface area contributed by atoms with Gasteiger partial charge in [0, 0.05) is 60.8 Å². The van der Waals surface area contributed by atoms with Crippen LogP contribution in [0.5, 0.6) is 0 Å². The fraction of sp³-hybridized carbons (Fsp3) is 0.292. The van der Waals surface area contributed by atoms with E-state index in [0.29, 0.717) is 11.6 Å². The molecule has 4 aromatic rings. The normalized spacial score (nSPS) is 14.2. The average molecular weight is 428 g/mol. The van der Waals surface area contributed by atoms with Crippen LogP contribution in [0.15, 0.2) is 55.0 Å². The molecule has 0 atom stereocenters. The predicted molar refractivity (Wildman–Crippen MR) is 124 cm³/mol. The smallest absolute Gasteiger partial charge is 0.169 e. The molecule has 1 aliphatic rings. The van der Waals surface area contributed by atoms with E-state index in [1.807, 2.05) is 43.7 Å². The minimum absolute atomic E-state index is 0.0373. The molecule has 0 unspecified atom stereocenters. The van der Waals surface area contributed by atoms with Gasteiger partial charge in [0.2, 0.25) is 0 Å². The fourth-order valence-electron chi connectivity index (χ4n) is 3.92. The Labute approximate surface area is 186 Å². The summed E-state index contributed by atoms with van der Waals surface area (Å²) in [6, 6.07) is 12.3. The number of likely N-dealkylation sites (N-methyl/N-ethyl adjacent to an activating group) is 1. The number of aromatic nitrogens is 5. The summed E-state index contributed by atoms with van der Waals surface area (Å²) in [5, 5.41) is 10.2. The number of anilines is 1. The van der Waals surface area contributed by atoms with Gasteiger partial charge in [-0.1, -0.05) is 17.3 Å². The molecule has 0 amide bonds. The molecule has 0 spiro atoms. The van der Waals surface area contributed by atoms with E-state index < -0.39 is 0 Å². The van der Waals surface area contributed by atoms with E-state index in [0.717, 1.165) is 46.6 Å². The average Bonchev–Trinajstić information content (AvgIpc) is 3.18. The van der Waals surface area contributed by atoms with E-state index in [1.165, 1.54) is 0 Å². The maximum atomic E-state index is 13.0. The van der Waals surface area contributed by atoms with Crippen LogP contribution in [0.2, 0.25) is 0 Å². The quantitative estimate of drug-likeness (QED) is 0.438. The first-order valence-electron chi connectivity index (χ1n) is 10.6. The van der Waals surface area contributed by atoms with Crippen molar-refractivity contribution in [1.29, 1.82) is 0 Å². The molecule has 162 valence electrons. The Hall–Kier alpha value is -3.65. The Morgan fingerprint density at radius 3 is 2.69 bits per heavy atom. The van der Waals surface area contributed by atoms with Crippen LogP contribution in [-0.4, -0.2) is 68.9 Å². The summed E-state index contributed by atoms with van der Waals surface area (Å²) in [5.41, 5.74) is 3.21. The molecule has 1 aliphatic heterocycles. The molecule has 8 heteroatoms. The number of hydrogen-bond acceptors (Lipinski definition) is 7. The van der Waals surface area contributed by atoms with E-state index in [-0.39, 0.29) is 12.2 Å². The number of aryl methyl sites for hydroxylation is 1. The number of benzene rings is 1. The third-order valence-electron chi connectivity index (χ3n) is 6.00. The van der Waals surface area contributed by atoms with Gasteiger partial charge in [0.1, 0.15) is 11.5 Å². The number of pyridine rings is 2.